The molecule has 0 spiro atoms. The number of furan rings is 1. The molecule has 1 atom stereocenters. The molecule has 3 aromatic rings. The maximum atomic E-state index is 5.31. The smallest absolute Gasteiger partial charge is 0.269 e. The number of hydrogen-bond acceptors (Lipinski definition) is 7. The normalized spacial score (nSPS) is 12.7. The topological polar surface area (TPSA) is 77.0 Å². The first kappa shape index (κ1) is 13.0. The molecule has 1 N–H and O–H groups in total. The molecule has 1 unspecified atom stereocenters. The van der Waals surface area contributed by atoms with Crippen LogP contribution >= 0.6 is 11.3 Å². The monoisotopic (exact) mass is 290 g/mol. The van der Waals surface area contributed by atoms with Crippen molar-refractivity contribution < 1.29 is 8.94 Å². The number of thiazole rings is 1. The van der Waals surface area contributed by atoms with Crippen molar-refractivity contribution in [1.82, 2.24) is 20.4 Å². The molecule has 0 amide bonds. The highest BCUT2D eigenvalue weighted by molar-refractivity contribution is 7.18. The Hall–Kier alpha value is -1.99. The summed E-state index contributed by atoms with van der Waals surface area (Å²) in [5, 5.41) is 7.92. The first-order chi connectivity index (χ1) is 9.76. The number of nitrogens with zero attached hydrogens (tertiary/aromatic N) is 3. The molecule has 0 aliphatic heterocycles. The summed E-state index contributed by atoms with van der Waals surface area (Å²) < 4.78 is 10.6. The van der Waals surface area contributed by atoms with Crippen LogP contribution < -0.4 is 5.32 Å². The van der Waals surface area contributed by atoms with Gasteiger partial charge in [-0.2, -0.15) is 4.98 Å². The molecule has 3 aromatic heterocycles. The summed E-state index contributed by atoms with van der Waals surface area (Å²) in [4.78, 5) is 9.53. The highest BCUT2D eigenvalue weighted by Crippen LogP contribution is 2.31. The van der Waals surface area contributed by atoms with Crippen LogP contribution in [0.5, 0.6) is 0 Å². The average Bonchev–Trinajstić information content (AvgIpc) is 3.18. The first-order valence-corrected chi connectivity index (χ1v) is 7.08. The van der Waals surface area contributed by atoms with Crippen molar-refractivity contribution in [3.63, 3.8) is 0 Å². The van der Waals surface area contributed by atoms with E-state index in [2.05, 4.69) is 27.4 Å². The summed E-state index contributed by atoms with van der Waals surface area (Å²) in [6.45, 7) is 2.07. The minimum absolute atomic E-state index is 0.306. The third-order valence-electron chi connectivity index (χ3n) is 2.90. The molecule has 0 aromatic carbocycles. The zero-order valence-corrected chi connectivity index (χ0v) is 12.0. The number of hydrogen-bond donors (Lipinski definition) is 1. The van der Waals surface area contributed by atoms with Crippen molar-refractivity contribution in [2.45, 2.75) is 19.4 Å². The lowest BCUT2D eigenvalue weighted by Gasteiger charge is -2.04. The maximum Gasteiger partial charge on any atom is 0.269 e. The Balaban J connectivity index is 1.80. The Morgan fingerprint density at radius 3 is 3.10 bits per heavy atom. The maximum absolute atomic E-state index is 5.31. The fourth-order valence-corrected chi connectivity index (χ4v) is 2.51. The van der Waals surface area contributed by atoms with E-state index in [1.165, 1.54) is 11.3 Å². The molecule has 3 rings (SSSR count). The highest BCUT2D eigenvalue weighted by Gasteiger charge is 2.15. The first-order valence-electron chi connectivity index (χ1n) is 6.26. The van der Waals surface area contributed by atoms with E-state index in [1.807, 2.05) is 19.2 Å². The van der Waals surface area contributed by atoms with Gasteiger partial charge in [0.05, 0.1) is 12.5 Å². The van der Waals surface area contributed by atoms with E-state index in [4.69, 9.17) is 8.94 Å². The Morgan fingerprint density at radius 1 is 1.45 bits per heavy atom. The third-order valence-corrected chi connectivity index (χ3v) is 3.90. The Kier molecular flexibility index (Phi) is 3.62. The van der Waals surface area contributed by atoms with Gasteiger partial charge in [0.15, 0.2) is 16.6 Å². The summed E-state index contributed by atoms with van der Waals surface area (Å²) in [5.41, 5.74) is 0. The van der Waals surface area contributed by atoms with Crippen LogP contribution in [0.2, 0.25) is 0 Å². The number of rotatable bonds is 5. The molecular formula is C13H14N4O2S. The van der Waals surface area contributed by atoms with Gasteiger partial charge < -0.3 is 14.3 Å². The van der Waals surface area contributed by atoms with Crippen LogP contribution in [-0.2, 0) is 6.42 Å². The molecule has 104 valence electrons. The zero-order chi connectivity index (χ0) is 13.9. The Morgan fingerprint density at radius 2 is 2.35 bits per heavy atom. The van der Waals surface area contributed by atoms with E-state index in [1.54, 1.807) is 12.5 Å². The molecule has 6 nitrogen and oxygen atoms in total. The highest BCUT2D eigenvalue weighted by atomic mass is 32.1. The van der Waals surface area contributed by atoms with Crippen molar-refractivity contribution in [1.29, 1.82) is 0 Å². The molecule has 0 radical (unpaired) electrons. The van der Waals surface area contributed by atoms with Crippen LogP contribution in [0.3, 0.4) is 0 Å². The molecule has 0 fully saturated rings. The summed E-state index contributed by atoms with van der Waals surface area (Å²) in [6.07, 6.45) is 4.07. The van der Waals surface area contributed by atoms with Gasteiger partial charge in [0, 0.05) is 12.5 Å². The lowest BCUT2D eigenvalue weighted by molar-refractivity contribution is 0.419. The van der Waals surface area contributed by atoms with Crippen molar-refractivity contribution >= 4 is 11.3 Å². The molecule has 0 saturated carbocycles. The summed E-state index contributed by atoms with van der Waals surface area (Å²) in [6, 6.07) is 4.01. The van der Waals surface area contributed by atoms with E-state index in [9.17, 15) is 0 Å². The lowest BCUT2D eigenvalue weighted by atomic mass is 10.2. The summed E-state index contributed by atoms with van der Waals surface area (Å²) in [5.74, 6) is 1.93. The quantitative estimate of drug-likeness (QED) is 0.778. The molecule has 0 aliphatic rings. The van der Waals surface area contributed by atoms with Gasteiger partial charge in [-0.1, -0.05) is 5.16 Å². The van der Waals surface area contributed by atoms with Gasteiger partial charge in [-0.05, 0) is 26.1 Å². The second-order valence-corrected chi connectivity index (χ2v) is 5.45. The fourth-order valence-electron chi connectivity index (χ4n) is 1.70. The van der Waals surface area contributed by atoms with Crippen molar-refractivity contribution in [3.8, 4) is 21.5 Å². The summed E-state index contributed by atoms with van der Waals surface area (Å²) in [7, 11) is 1.91. The number of aromatic nitrogens is 3. The third kappa shape index (κ3) is 2.63. The fraction of sp³-hybridized carbons (Fsp3) is 0.308. The molecule has 7 heteroatoms. The molecule has 0 saturated heterocycles. The van der Waals surface area contributed by atoms with E-state index in [0.29, 0.717) is 17.8 Å². The molecule has 0 aliphatic carbocycles. The predicted octanol–water partition coefficient (Wildman–Crippen LogP) is 2.60. The second kappa shape index (κ2) is 5.56. The molecule has 20 heavy (non-hydrogen) atoms. The Bertz CT molecular complexity index is 674. The SMILES string of the molecule is CNC(C)Cc1noc(-c2cnc(-c3ccco3)s2)n1. The van der Waals surface area contributed by atoms with Gasteiger partial charge in [-0.25, -0.2) is 4.98 Å². The van der Waals surface area contributed by atoms with Crippen LogP contribution in [0.4, 0.5) is 0 Å². The molecule has 3 heterocycles. The van der Waals surface area contributed by atoms with Gasteiger partial charge >= 0.3 is 0 Å². The lowest BCUT2D eigenvalue weighted by Crippen LogP contribution is -2.24. The van der Waals surface area contributed by atoms with Gasteiger partial charge in [-0.3, -0.25) is 0 Å². The van der Waals surface area contributed by atoms with E-state index in [-0.39, 0.29) is 0 Å². The van der Waals surface area contributed by atoms with Gasteiger partial charge in [0.25, 0.3) is 5.89 Å². The predicted molar refractivity (Wildman–Crippen MR) is 75.3 cm³/mol. The Labute approximate surface area is 119 Å². The van der Waals surface area contributed by atoms with Gasteiger partial charge in [0.2, 0.25) is 0 Å². The molecule has 0 bridgehead atoms. The van der Waals surface area contributed by atoms with Crippen molar-refractivity contribution in [2.24, 2.45) is 0 Å². The van der Waals surface area contributed by atoms with E-state index >= 15 is 0 Å². The van der Waals surface area contributed by atoms with Gasteiger partial charge in [0.1, 0.15) is 4.88 Å². The van der Waals surface area contributed by atoms with Crippen molar-refractivity contribution in [2.75, 3.05) is 7.05 Å². The minimum atomic E-state index is 0.306. The minimum Gasteiger partial charge on any atom is -0.462 e. The van der Waals surface area contributed by atoms with Crippen LogP contribution in [0.15, 0.2) is 33.5 Å². The van der Waals surface area contributed by atoms with E-state index < -0.39 is 0 Å². The molecular weight excluding hydrogens is 276 g/mol. The largest absolute Gasteiger partial charge is 0.462 e. The standard InChI is InChI=1S/C13H14N4O2S/c1-8(14-2)6-11-16-12(19-17-11)10-7-15-13(20-10)9-4-3-5-18-9/h3-5,7-8,14H,6H2,1-2H3. The zero-order valence-electron chi connectivity index (χ0n) is 11.2. The second-order valence-electron chi connectivity index (χ2n) is 4.42. The van der Waals surface area contributed by atoms with Crippen LogP contribution in [0.25, 0.3) is 21.5 Å². The number of likely N-dealkylation sites (N-methyl/N-ethyl adjacent to an activating group) is 1. The van der Waals surface area contributed by atoms with Crippen LogP contribution in [-0.4, -0.2) is 28.2 Å². The van der Waals surface area contributed by atoms with Crippen LogP contribution in [0, 0.1) is 0 Å². The van der Waals surface area contributed by atoms with Crippen molar-refractivity contribution in [3.05, 3.63) is 30.4 Å². The van der Waals surface area contributed by atoms with Gasteiger partial charge in [-0.15, -0.1) is 11.3 Å². The summed E-state index contributed by atoms with van der Waals surface area (Å²) >= 11 is 1.46. The van der Waals surface area contributed by atoms with E-state index in [0.717, 1.165) is 22.1 Å². The van der Waals surface area contributed by atoms with Crippen LogP contribution in [0.1, 0.15) is 12.7 Å². The average molecular weight is 290 g/mol. The number of nitrogens with one attached hydrogen (secondary N) is 1.